The van der Waals surface area contributed by atoms with Gasteiger partial charge in [-0.05, 0) is 19.8 Å². The second kappa shape index (κ2) is 5.35. The van der Waals surface area contributed by atoms with Gasteiger partial charge in [-0.1, -0.05) is 12.8 Å². The first-order valence-corrected chi connectivity index (χ1v) is 5.61. The van der Waals surface area contributed by atoms with Crippen molar-refractivity contribution in [2.45, 2.75) is 32.6 Å². The molecular weight excluding hydrogens is 194 g/mol. The Morgan fingerprint density at radius 3 is 2.53 bits per heavy atom. The standard InChI is InChI=1S/C11H21NO3/c1-3-15-9-11(6-4-5-7-11)8-12(2)10(13)14/h3-9H2,1-2H3,(H,13,14). The van der Waals surface area contributed by atoms with Crippen LogP contribution in [0, 0.1) is 5.41 Å². The van der Waals surface area contributed by atoms with E-state index in [1.54, 1.807) is 7.05 Å². The lowest BCUT2D eigenvalue weighted by molar-refractivity contribution is 0.0341. The molecule has 0 heterocycles. The smallest absolute Gasteiger partial charge is 0.407 e. The van der Waals surface area contributed by atoms with E-state index in [0.29, 0.717) is 19.8 Å². The maximum atomic E-state index is 10.8. The summed E-state index contributed by atoms with van der Waals surface area (Å²) in [6.07, 6.45) is 3.72. The van der Waals surface area contributed by atoms with Crippen LogP contribution in [0.1, 0.15) is 32.6 Å². The Morgan fingerprint density at radius 2 is 2.07 bits per heavy atom. The number of carbonyl (C=O) groups is 1. The van der Waals surface area contributed by atoms with E-state index in [1.165, 1.54) is 17.7 Å². The minimum Gasteiger partial charge on any atom is -0.465 e. The number of ether oxygens (including phenoxy) is 1. The average Bonchev–Trinajstić information content (AvgIpc) is 2.64. The summed E-state index contributed by atoms with van der Waals surface area (Å²) < 4.78 is 5.48. The topological polar surface area (TPSA) is 49.8 Å². The average molecular weight is 215 g/mol. The van der Waals surface area contributed by atoms with Crippen LogP contribution in [0.4, 0.5) is 4.79 Å². The largest absolute Gasteiger partial charge is 0.465 e. The molecule has 0 aromatic heterocycles. The molecule has 0 aromatic carbocycles. The zero-order valence-corrected chi connectivity index (χ0v) is 9.66. The summed E-state index contributed by atoms with van der Waals surface area (Å²) in [6.45, 7) is 3.98. The van der Waals surface area contributed by atoms with Gasteiger partial charge < -0.3 is 14.7 Å². The highest BCUT2D eigenvalue weighted by Gasteiger charge is 2.36. The molecule has 0 saturated heterocycles. The Morgan fingerprint density at radius 1 is 1.47 bits per heavy atom. The van der Waals surface area contributed by atoms with E-state index in [1.807, 2.05) is 6.92 Å². The Balaban J connectivity index is 2.52. The van der Waals surface area contributed by atoms with E-state index in [2.05, 4.69) is 0 Å². The molecule has 1 fully saturated rings. The Bertz CT molecular complexity index is 212. The molecule has 1 saturated carbocycles. The SMILES string of the molecule is CCOCC1(CN(C)C(=O)O)CCCC1. The van der Waals surface area contributed by atoms with Crippen molar-refractivity contribution >= 4 is 6.09 Å². The van der Waals surface area contributed by atoms with Crippen molar-refractivity contribution in [3.8, 4) is 0 Å². The first-order chi connectivity index (χ1) is 7.09. The van der Waals surface area contributed by atoms with Gasteiger partial charge in [-0.15, -0.1) is 0 Å². The lowest BCUT2D eigenvalue weighted by Crippen LogP contribution is -2.39. The molecule has 1 rings (SSSR count). The quantitative estimate of drug-likeness (QED) is 0.764. The minimum absolute atomic E-state index is 0.0726. The molecule has 4 heteroatoms. The molecule has 88 valence electrons. The number of nitrogens with zero attached hydrogens (tertiary/aromatic N) is 1. The summed E-state index contributed by atoms with van der Waals surface area (Å²) in [6, 6.07) is 0. The van der Waals surface area contributed by atoms with Crippen LogP contribution < -0.4 is 0 Å². The Labute approximate surface area is 91.2 Å². The Hall–Kier alpha value is -0.770. The first kappa shape index (κ1) is 12.3. The van der Waals surface area contributed by atoms with Crippen molar-refractivity contribution in [3.63, 3.8) is 0 Å². The summed E-state index contributed by atoms with van der Waals surface area (Å²) >= 11 is 0. The summed E-state index contributed by atoms with van der Waals surface area (Å²) in [5.74, 6) is 0. The maximum Gasteiger partial charge on any atom is 0.407 e. The van der Waals surface area contributed by atoms with Gasteiger partial charge in [0.05, 0.1) is 6.61 Å². The van der Waals surface area contributed by atoms with Crippen molar-refractivity contribution in [1.29, 1.82) is 0 Å². The molecule has 1 N–H and O–H groups in total. The lowest BCUT2D eigenvalue weighted by Gasteiger charge is -2.32. The number of hydrogen-bond acceptors (Lipinski definition) is 2. The molecule has 0 bridgehead atoms. The van der Waals surface area contributed by atoms with E-state index < -0.39 is 6.09 Å². The molecule has 0 spiro atoms. The normalized spacial score (nSPS) is 19.1. The van der Waals surface area contributed by atoms with E-state index in [-0.39, 0.29) is 5.41 Å². The van der Waals surface area contributed by atoms with Crippen molar-refractivity contribution in [3.05, 3.63) is 0 Å². The third-order valence-electron chi connectivity index (χ3n) is 3.18. The Kier molecular flexibility index (Phi) is 4.39. The molecule has 1 amide bonds. The van der Waals surface area contributed by atoms with Crippen LogP contribution >= 0.6 is 0 Å². The second-order valence-electron chi connectivity index (χ2n) is 4.48. The van der Waals surface area contributed by atoms with Gasteiger partial charge in [0.2, 0.25) is 0 Å². The van der Waals surface area contributed by atoms with Crippen LogP contribution in [0.5, 0.6) is 0 Å². The van der Waals surface area contributed by atoms with Crippen molar-refractivity contribution in [2.24, 2.45) is 5.41 Å². The molecule has 0 aliphatic heterocycles. The number of rotatable bonds is 5. The van der Waals surface area contributed by atoms with Gasteiger partial charge in [0.25, 0.3) is 0 Å². The molecule has 15 heavy (non-hydrogen) atoms. The van der Waals surface area contributed by atoms with Crippen molar-refractivity contribution < 1.29 is 14.6 Å². The summed E-state index contributed by atoms with van der Waals surface area (Å²) in [4.78, 5) is 12.2. The second-order valence-corrected chi connectivity index (χ2v) is 4.48. The predicted octanol–water partition coefficient (Wildman–Crippen LogP) is 2.19. The van der Waals surface area contributed by atoms with E-state index in [0.717, 1.165) is 12.8 Å². The van der Waals surface area contributed by atoms with Gasteiger partial charge in [0.15, 0.2) is 0 Å². The van der Waals surface area contributed by atoms with Gasteiger partial charge in [0.1, 0.15) is 0 Å². The predicted molar refractivity (Wildman–Crippen MR) is 58.0 cm³/mol. The number of carboxylic acid groups (broad SMARTS) is 1. The van der Waals surface area contributed by atoms with Crippen LogP contribution in [0.15, 0.2) is 0 Å². The van der Waals surface area contributed by atoms with Crippen LogP contribution in [-0.4, -0.2) is 42.9 Å². The summed E-state index contributed by atoms with van der Waals surface area (Å²) in [5.41, 5.74) is 0.0726. The van der Waals surface area contributed by atoms with Crippen molar-refractivity contribution in [2.75, 3.05) is 26.8 Å². The van der Waals surface area contributed by atoms with Gasteiger partial charge >= 0.3 is 6.09 Å². The highest BCUT2D eigenvalue weighted by Crippen LogP contribution is 2.38. The highest BCUT2D eigenvalue weighted by molar-refractivity contribution is 5.64. The van der Waals surface area contributed by atoms with Gasteiger partial charge in [0, 0.05) is 25.6 Å². The van der Waals surface area contributed by atoms with Gasteiger partial charge in [-0.3, -0.25) is 0 Å². The highest BCUT2D eigenvalue weighted by atomic mass is 16.5. The monoisotopic (exact) mass is 215 g/mol. The van der Waals surface area contributed by atoms with Crippen LogP contribution in [0.3, 0.4) is 0 Å². The molecular formula is C11H21NO3. The van der Waals surface area contributed by atoms with Crippen molar-refractivity contribution in [1.82, 2.24) is 4.90 Å². The molecule has 0 atom stereocenters. The minimum atomic E-state index is -0.849. The van der Waals surface area contributed by atoms with Crippen LogP contribution in [0.2, 0.25) is 0 Å². The maximum absolute atomic E-state index is 10.8. The fourth-order valence-corrected chi connectivity index (χ4v) is 2.36. The molecule has 4 nitrogen and oxygen atoms in total. The third kappa shape index (κ3) is 3.38. The van der Waals surface area contributed by atoms with Gasteiger partial charge in [-0.25, -0.2) is 4.79 Å². The van der Waals surface area contributed by atoms with E-state index in [4.69, 9.17) is 9.84 Å². The molecule has 0 unspecified atom stereocenters. The molecule has 0 radical (unpaired) electrons. The summed E-state index contributed by atoms with van der Waals surface area (Å²) in [5, 5.41) is 8.87. The number of hydrogen-bond donors (Lipinski definition) is 1. The fourth-order valence-electron chi connectivity index (χ4n) is 2.36. The zero-order chi connectivity index (χ0) is 11.3. The fraction of sp³-hybridized carbons (Fsp3) is 0.909. The summed E-state index contributed by atoms with van der Waals surface area (Å²) in [7, 11) is 1.63. The molecule has 1 aliphatic rings. The first-order valence-electron chi connectivity index (χ1n) is 5.61. The van der Waals surface area contributed by atoms with E-state index >= 15 is 0 Å². The van der Waals surface area contributed by atoms with E-state index in [9.17, 15) is 4.79 Å². The third-order valence-corrected chi connectivity index (χ3v) is 3.18. The van der Waals surface area contributed by atoms with Crippen LogP contribution in [-0.2, 0) is 4.74 Å². The van der Waals surface area contributed by atoms with Gasteiger partial charge in [-0.2, -0.15) is 0 Å². The molecule has 0 aromatic rings. The molecule has 1 aliphatic carbocycles. The lowest BCUT2D eigenvalue weighted by atomic mass is 9.86. The number of amides is 1. The zero-order valence-electron chi connectivity index (χ0n) is 9.66. The van der Waals surface area contributed by atoms with Crippen LogP contribution in [0.25, 0.3) is 0 Å².